The molecule has 78 valence electrons. The fourth-order valence-electron chi connectivity index (χ4n) is 1.12. The molecular weight excluding hydrogens is 180 g/mol. The normalized spacial score (nSPS) is 10.1. The maximum Gasteiger partial charge on any atom is 0.233 e. The van der Waals surface area contributed by atoms with Crippen LogP contribution in [0.15, 0.2) is 12.5 Å². The molecule has 0 aliphatic heterocycles. The van der Waals surface area contributed by atoms with E-state index in [1.807, 2.05) is 18.5 Å². The highest BCUT2D eigenvalue weighted by Gasteiger charge is 2.00. The molecule has 1 amide bonds. The van der Waals surface area contributed by atoms with Crippen LogP contribution >= 0.6 is 0 Å². The van der Waals surface area contributed by atoms with E-state index in [1.54, 1.807) is 12.5 Å². The monoisotopic (exact) mass is 196 g/mol. The summed E-state index contributed by atoms with van der Waals surface area (Å²) in [5.74, 6) is 0.0228. The van der Waals surface area contributed by atoms with E-state index in [1.165, 1.54) is 0 Å². The summed E-state index contributed by atoms with van der Waals surface area (Å²) in [6.07, 6.45) is 3.52. The molecule has 0 aromatic carbocycles. The average molecular weight is 196 g/mol. The first-order valence-electron chi connectivity index (χ1n) is 4.66. The summed E-state index contributed by atoms with van der Waals surface area (Å²) < 4.78 is 1.92. The van der Waals surface area contributed by atoms with Crippen molar-refractivity contribution >= 4 is 5.91 Å². The zero-order valence-corrected chi connectivity index (χ0v) is 8.58. The Balaban J connectivity index is 2.22. The zero-order valence-electron chi connectivity index (χ0n) is 8.58. The topological polar surface area (TPSA) is 59.0 Å². The molecule has 1 aromatic heterocycles. The van der Waals surface area contributed by atoms with E-state index in [-0.39, 0.29) is 5.91 Å². The molecule has 0 saturated carbocycles. The second-order valence-electron chi connectivity index (χ2n) is 3.05. The molecule has 0 atom stereocenters. The van der Waals surface area contributed by atoms with Gasteiger partial charge < -0.3 is 15.2 Å². The van der Waals surface area contributed by atoms with Crippen molar-refractivity contribution in [2.75, 3.05) is 13.1 Å². The fourth-order valence-corrected chi connectivity index (χ4v) is 1.12. The van der Waals surface area contributed by atoms with Crippen molar-refractivity contribution in [2.24, 2.45) is 7.05 Å². The summed E-state index contributed by atoms with van der Waals surface area (Å²) in [7, 11) is 1.93. The number of nitrogens with zero attached hydrogens (tertiary/aromatic N) is 2. The summed E-state index contributed by atoms with van der Waals surface area (Å²) in [5.41, 5.74) is 1.06. The average Bonchev–Trinajstić information content (AvgIpc) is 2.52. The number of imidazole rings is 1. The Kier molecular flexibility index (Phi) is 4.12. The molecule has 0 bridgehead atoms. The van der Waals surface area contributed by atoms with Crippen molar-refractivity contribution in [3.05, 3.63) is 18.2 Å². The summed E-state index contributed by atoms with van der Waals surface area (Å²) in [4.78, 5) is 15.0. The van der Waals surface area contributed by atoms with Crippen LogP contribution in [0.25, 0.3) is 0 Å². The lowest BCUT2D eigenvalue weighted by molar-refractivity contribution is -0.120. The maximum absolute atomic E-state index is 11.1. The third kappa shape index (κ3) is 3.18. The predicted molar refractivity (Wildman–Crippen MR) is 53.6 cm³/mol. The van der Waals surface area contributed by atoms with Crippen molar-refractivity contribution in [3.63, 3.8) is 0 Å². The summed E-state index contributed by atoms with van der Waals surface area (Å²) in [6, 6.07) is 0. The van der Waals surface area contributed by atoms with Crippen LogP contribution in [0.5, 0.6) is 0 Å². The Bertz CT molecular complexity index is 295. The Morgan fingerprint density at radius 1 is 1.64 bits per heavy atom. The van der Waals surface area contributed by atoms with Gasteiger partial charge >= 0.3 is 0 Å². The molecule has 0 unspecified atom stereocenters. The second-order valence-corrected chi connectivity index (χ2v) is 3.05. The lowest BCUT2D eigenvalue weighted by Gasteiger charge is -2.05. The minimum absolute atomic E-state index is 0.0228. The Labute approximate surface area is 83.5 Å². The third-order valence-electron chi connectivity index (χ3n) is 1.88. The number of hydrogen-bond donors (Lipinski definition) is 2. The van der Waals surface area contributed by atoms with Gasteiger partial charge in [0.15, 0.2) is 0 Å². The van der Waals surface area contributed by atoms with Gasteiger partial charge in [0.05, 0.1) is 18.6 Å². The Morgan fingerprint density at radius 2 is 2.43 bits per heavy atom. The van der Waals surface area contributed by atoms with Gasteiger partial charge in [0, 0.05) is 26.3 Å². The molecule has 2 N–H and O–H groups in total. The van der Waals surface area contributed by atoms with E-state index in [2.05, 4.69) is 15.6 Å². The van der Waals surface area contributed by atoms with Gasteiger partial charge in [-0.3, -0.25) is 4.79 Å². The smallest absolute Gasteiger partial charge is 0.233 e. The van der Waals surface area contributed by atoms with Crippen molar-refractivity contribution in [2.45, 2.75) is 13.5 Å². The van der Waals surface area contributed by atoms with Gasteiger partial charge in [0.25, 0.3) is 0 Å². The van der Waals surface area contributed by atoms with E-state index >= 15 is 0 Å². The number of rotatable bonds is 5. The van der Waals surface area contributed by atoms with Crippen molar-refractivity contribution in [1.82, 2.24) is 20.2 Å². The van der Waals surface area contributed by atoms with Crippen LogP contribution in [0.2, 0.25) is 0 Å². The van der Waals surface area contributed by atoms with Gasteiger partial charge in [-0.25, -0.2) is 4.98 Å². The molecule has 1 aromatic rings. The largest absolute Gasteiger partial charge is 0.355 e. The number of carbonyl (C=O) groups excluding carboxylic acids is 1. The Morgan fingerprint density at radius 3 is 3.00 bits per heavy atom. The number of carbonyl (C=O) groups is 1. The van der Waals surface area contributed by atoms with Gasteiger partial charge in [-0.1, -0.05) is 0 Å². The molecule has 0 aliphatic rings. The van der Waals surface area contributed by atoms with Crippen LogP contribution in [0.3, 0.4) is 0 Å². The minimum atomic E-state index is 0.0228. The fraction of sp³-hybridized carbons (Fsp3) is 0.556. The molecule has 0 saturated heterocycles. The van der Waals surface area contributed by atoms with E-state index < -0.39 is 0 Å². The van der Waals surface area contributed by atoms with Crippen LogP contribution in [-0.2, 0) is 18.4 Å². The predicted octanol–water partition coefficient (Wildman–Crippen LogP) is -0.354. The van der Waals surface area contributed by atoms with Gasteiger partial charge in [-0.2, -0.15) is 0 Å². The molecule has 14 heavy (non-hydrogen) atoms. The molecule has 0 aliphatic carbocycles. The van der Waals surface area contributed by atoms with Gasteiger partial charge in [0.2, 0.25) is 5.91 Å². The van der Waals surface area contributed by atoms with E-state index in [0.29, 0.717) is 19.6 Å². The minimum Gasteiger partial charge on any atom is -0.355 e. The highest BCUT2D eigenvalue weighted by atomic mass is 16.1. The number of likely N-dealkylation sites (N-methyl/N-ethyl adjacent to an activating group) is 1. The molecule has 0 spiro atoms. The first kappa shape index (κ1) is 10.7. The molecule has 0 radical (unpaired) electrons. The van der Waals surface area contributed by atoms with Crippen LogP contribution < -0.4 is 10.6 Å². The molecule has 1 rings (SSSR count). The number of amides is 1. The lowest BCUT2D eigenvalue weighted by atomic mass is 10.4. The number of nitrogens with one attached hydrogen (secondary N) is 2. The molecule has 1 heterocycles. The number of hydrogen-bond acceptors (Lipinski definition) is 3. The van der Waals surface area contributed by atoms with Crippen LogP contribution in [0, 0.1) is 0 Å². The van der Waals surface area contributed by atoms with Crippen molar-refractivity contribution in [1.29, 1.82) is 0 Å². The van der Waals surface area contributed by atoms with Crippen molar-refractivity contribution in [3.8, 4) is 0 Å². The lowest BCUT2D eigenvalue weighted by Crippen LogP contribution is -2.33. The standard InChI is InChI=1S/C9H16N4O/c1-3-12-9(14)6-10-4-8-5-11-7-13(8)2/h5,7,10H,3-4,6H2,1-2H3,(H,12,14). The van der Waals surface area contributed by atoms with Crippen LogP contribution in [-0.4, -0.2) is 28.5 Å². The second kappa shape index (κ2) is 5.39. The molecular formula is C9H16N4O. The quantitative estimate of drug-likeness (QED) is 0.676. The third-order valence-corrected chi connectivity index (χ3v) is 1.88. The van der Waals surface area contributed by atoms with Crippen LogP contribution in [0.4, 0.5) is 0 Å². The van der Waals surface area contributed by atoms with E-state index in [0.717, 1.165) is 5.69 Å². The van der Waals surface area contributed by atoms with Gasteiger partial charge in [-0.15, -0.1) is 0 Å². The number of aryl methyl sites for hydroxylation is 1. The SMILES string of the molecule is CCNC(=O)CNCc1cncn1C. The van der Waals surface area contributed by atoms with Gasteiger partial charge in [0.1, 0.15) is 0 Å². The van der Waals surface area contributed by atoms with Crippen molar-refractivity contribution < 1.29 is 4.79 Å². The maximum atomic E-state index is 11.1. The summed E-state index contributed by atoms with van der Waals surface area (Å²) in [5, 5.41) is 5.76. The molecule has 5 nitrogen and oxygen atoms in total. The first-order valence-corrected chi connectivity index (χ1v) is 4.66. The summed E-state index contributed by atoms with van der Waals surface area (Å²) >= 11 is 0. The summed E-state index contributed by atoms with van der Waals surface area (Å²) in [6.45, 7) is 3.58. The Hall–Kier alpha value is -1.36. The van der Waals surface area contributed by atoms with Crippen LogP contribution in [0.1, 0.15) is 12.6 Å². The highest BCUT2D eigenvalue weighted by molar-refractivity contribution is 5.77. The molecule has 0 fully saturated rings. The first-order chi connectivity index (χ1) is 6.74. The highest BCUT2D eigenvalue weighted by Crippen LogP contribution is 1.93. The number of aromatic nitrogens is 2. The zero-order chi connectivity index (χ0) is 10.4. The molecule has 5 heteroatoms. The van der Waals surface area contributed by atoms with Gasteiger partial charge in [-0.05, 0) is 6.92 Å². The van der Waals surface area contributed by atoms with E-state index in [4.69, 9.17) is 0 Å². The van der Waals surface area contributed by atoms with E-state index in [9.17, 15) is 4.79 Å².